The Morgan fingerprint density at radius 3 is 2.61 bits per heavy atom. The van der Waals surface area contributed by atoms with Crippen LogP contribution in [0.3, 0.4) is 0 Å². The van der Waals surface area contributed by atoms with Crippen LogP contribution in [-0.4, -0.2) is 36.1 Å². The fraction of sp³-hybridized carbons (Fsp3) is 0.167. The van der Waals surface area contributed by atoms with Crippen LogP contribution in [0.2, 0.25) is 0 Å². The van der Waals surface area contributed by atoms with Crippen molar-refractivity contribution in [1.82, 2.24) is 10.7 Å². The second-order valence-corrected chi connectivity index (χ2v) is 5.57. The molecule has 2 amide bonds. The summed E-state index contributed by atoms with van der Waals surface area (Å²) in [7, 11) is 1.32. The topological polar surface area (TPSA) is 123 Å². The normalized spacial score (nSPS) is 10.9. The summed E-state index contributed by atoms with van der Waals surface area (Å²) < 4.78 is 18.0. The van der Waals surface area contributed by atoms with E-state index in [2.05, 4.69) is 15.8 Å². The van der Waals surface area contributed by atoms with E-state index in [4.69, 9.17) is 4.74 Å². The third kappa shape index (κ3) is 5.34. The second-order valence-electron chi connectivity index (χ2n) is 5.57. The molecule has 28 heavy (non-hydrogen) atoms. The first-order chi connectivity index (χ1) is 13.3. The zero-order chi connectivity index (χ0) is 20.7. The maximum Gasteiger partial charge on any atom is 0.311 e. The van der Waals surface area contributed by atoms with Crippen molar-refractivity contribution in [3.05, 3.63) is 69.5 Å². The van der Waals surface area contributed by atoms with Crippen LogP contribution in [0.4, 0.5) is 10.1 Å². The first-order valence-corrected chi connectivity index (χ1v) is 8.01. The van der Waals surface area contributed by atoms with Crippen LogP contribution in [0.1, 0.15) is 22.8 Å². The van der Waals surface area contributed by atoms with Crippen molar-refractivity contribution in [1.29, 1.82) is 0 Å². The van der Waals surface area contributed by atoms with Gasteiger partial charge in [0.1, 0.15) is 5.82 Å². The van der Waals surface area contributed by atoms with Crippen molar-refractivity contribution in [3.63, 3.8) is 0 Å². The molecule has 0 fully saturated rings. The zero-order valence-electron chi connectivity index (χ0n) is 15.1. The van der Waals surface area contributed by atoms with Crippen molar-refractivity contribution >= 4 is 23.2 Å². The molecular weight excluding hydrogens is 371 g/mol. The van der Waals surface area contributed by atoms with E-state index in [1.165, 1.54) is 37.4 Å². The quantitative estimate of drug-likeness (QED) is 0.427. The van der Waals surface area contributed by atoms with E-state index in [9.17, 15) is 24.1 Å². The number of rotatable bonds is 7. The summed E-state index contributed by atoms with van der Waals surface area (Å²) in [5.74, 6) is -1.69. The van der Waals surface area contributed by atoms with Crippen molar-refractivity contribution in [2.45, 2.75) is 6.92 Å². The van der Waals surface area contributed by atoms with Gasteiger partial charge in [-0.25, -0.2) is 9.82 Å². The highest BCUT2D eigenvalue weighted by Crippen LogP contribution is 2.27. The monoisotopic (exact) mass is 388 g/mol. The smallest absolute Gasteiger partial charge is 0.311 e. The molecule has 0 aliphatic heterocycles. The number of ether oxygens (including phenoxy) is 1. The standard InChI is InChI=1S/C18H17FN4O5/c1-11(12-6-7-16(28-2)15(9-12)23(26)27)21-22-17(24)10-20-18(25)13-4-3-5-14(19)8-13/h3-9H,10H2,1-2H3,(H,20,25)(H,22,24)/b21-11-. The van der Waals surface area contributed by atoms with Crippen LogP contribution in [0, 0.1) is 15.9 Å². The molecular formula is C18H17FN4O5. The molecule has 9 nitrogen and oxygen atoms in total. The zero-order valence-corrected chi connectivity index (χ0v) is 15.1. The molecule has 0 saturated heterocycles. The van der Waals surface area contributed by atoms with Gasteiger partial charge in [0.25, 0.3) is 11.8 Å². The van der Waals surface area contributed by atoms with E-state index < -0.39 is 22.6 Å². The number of hydrogen-bond acceptors (Lipinski definition) is 6. The Morgan fingerprint density at radius 2 is 1.96 bits per heavy atom. The predicted octanol–water partition coefficient (Wildman–Crippen LogP) is 2.01. The number of amides is 2. The highest BCUT2D eigenvalue weighted by molar-refractivity contribution is 6.00. The number of carbonyl (C=O) groups is 2. The Balaban J connectivity index is 1.97. The highest BCUT2D eigenvalue weighted by Gasteiger charge is 2.16. The molecule has 0 heterocycles. The second kappa shape index (κ2) is 9.21. The van der Waals surface area contributed by atoms with Crippen LogP contribution in [-0.2, 0) is 4.79 Å². The lowest BCUT2D eigenvalue weighted by Gasteiger charge is -2.06. The number of nitro benzene ring substituents is 1. The van der Waals surface area contributed by atoms with E-state index in [0.717, 1.165) is 6.07 Å². The van der Waals surface area contributed by atoms with Crippen molar-refractivity contribution in [3.8, 4) is 5.75 Å². The van der Waals surface area contributed by atoms with Crippen molar-refractivity contribution in [2.24, 2.45) is 5.10 Å². The Labute approximate surface area is 159 Å². The lowest BCUT2D eigenvalue weighted by atomic mass is 10.1. The lowest BCUT2D eigenvalue weighted by Crippen LogP contribution is -2.35. The van der Waals surface area contributed by atoms with Gasteiger partial charge in [-0.3, -0.25) is 19.7 Å². The number of nitrogens with zero attached hydrogens (tertiary/aromatic N) is 2. The van der Waals surface area contributed by atoms with Gasteiger partial charge >= 0.3 is 5.69 Å². The minimum atomic E-state index is -0.618. The Morgan fingerprint density at radius 1 is 1.21 bits per heavy atom. The summed E-state index contributed by atoms with van der Waals surface area (Å²) in [5.41, 5.74) is 2.81. The number of nitrogens with one attached hydrogen (secondary N) is 2. The van der Waals surface area contributed by atoms with Gasteiger partial charge in [-0.1, -0.05) is 6.07 Å². The van der Waals surface area contributed by atoms with Gasteiger partial charge in [0, 0.05) is 17.2 Å². The minimum Gasteiger partial charge on any atom is -0.490 e. The van der Waals surface area contributed by atoms with Gasteiger partial charge in [-0.2, -0.15) is 5.10 Å². The van der Waals surface area contributed by atoms with Crippen molar-refractivity contribution in [2.75, 3.05) is 13.7 Å². The predicted molar refractivity (Wildman–Crippen MR) is 98.7 cm³/mol. The molecule has 0 bridgehead atoms. The lowest BCUT2D eigenvalue weighted by molar-refractivity contribution is -0.385. The van der Waals surface area contributed by atoms with E-state index in [1.54, 1.807) is 13.0 Å². The molecule has 0 spiro atoms. The number of hydrazone groups is 1. The molecule has 0 saturated carbocycles. The summed E-state index contributed by atoms with van der Waals surface area (Å²) in [6, 6.07) is 9.30. The molecule has 10 heteroatoms. The Bertz CT molecular complexity index is 945. The molecule has 2 N–H and O–H groups in total. The highest BCUT2D eigenvalue weighted by atomic mass is 19.1. The molecule has 0 unspecified atom stereocenters. The maximum absolute atomic E-state index is 13.1. The van der Waals surface area contributed by atoms with Gasteiger partial charge in [-0.05, 0) is 37.3 Å². The molecule has 0 aliphatic rings. The number of nitro groups is 1. The Kier molecular flexibility index (Phi) is 6.74. The fourth-order valence-electron chi connectivity index (χ4n) is 2.20. The number of methoxy groups -OCH3 is 1. The average molecular weight is 388 g/mol. The third-order valence-corrected chi connectivity index (χ3v) is 3.64. The molecule has 146 valence electrons. The largest absolute Gasteiger partial charge is 0.490 e. The third-order valence-electron chi connectivity index (χ3n) is 3.64. The number of benzene rings is 2. The number of halogens is 1. The molecule has 0 aromatic heterocycles. The van der Waals surface area contributed by atoms with Crippen LogP contribution >= 0.6 is 0 Å². The van der Waals surface area contributed by atoms with Gasteiger partial charge < -0.3 is 10.1 Å². The molecule has 0 atom stereocenters. The van der Waals surface area contributed by atoms with Gasteiger partial charge in [0.2, 0.25) is 0 Å². The molecule has 2 rings (SSSR count). The van der Waals surface area contributed by atoms with Crippen molar-refractivity contribution < 1.29 is 23.6 Å². The molecule has 2 aromatic rings. The van der Waals surface area contributed by atoms with Crippen LogP contribution < -0.4 is 15.5 Å². The summed E-state index contributed by atoms with van der Waals surface area (Å²) in [6.07, 6.45) is 0. The average Bonchev–Trinajstić information content (AvgIpc) is 2.69. The summed E-state index contributed by atoms with van der Waals surface area (Å²) in [6.45, 7) is 1.17. The molecule has 2 aromatic carbocycles. The first-order valence-electron chi connectivity index (χ1n) is 8.01. The summed E-state index contributed by atoms with van der Waals surface area (Å²) in [5, 5.41) is 17.3. The number of hydrogen-bond donors (Lipinski definition) is 2. The van der Waals surface area contributed by atoms with E-state index in [-0.39, 0.29) is 23.5 Å². The van der Waals surface area contributed by atoms with Gasteiger partial charge in [-0.15, -0.1) is 0 Å². The van der Waals surface area contributed by atoms with Gasteiger partial charge in [0.05, 0.1) is 24.3 Å². The molecule has 0 radical (unpaired) electrons. The van der Waals surface area contributed by atoms with Crippen LogP contribution in [0.5, 0.6) is 5.75 Å². The first kappa shape index (κ1) is 20.5. The van der Waals surface area contributed by atoms with Crippen LogP contribution in [0.15, 0.2) is 47.6 Å². The maximum atomic E-state index is 13.1. The van der Waals surface area contributed by atoms with Crippen LogP contribution in [0.25, 0.3) is 0 Å². The number of carbonyl (C=O) groups excluding carboxylic acids is 2. The summed E-state index contributed by atoms with van der Waals surface area (Å²) >= 11 is 0. The van der Waals surface area contributed by atoms with E-state index in [0.29, 0.717) is 11.3 Å². The van der Waals surface area contributed by atoms with E-state index >= 15 is 0 Å². The Hall–Kier alpha value is -3.82. The van der Waals surface area contributed by atoms with Gasteiger partial charge in [0.15, 0.2) is 5.75 Å². The molecule has 0 aliphatic carbocycles. The summed E-state index contributed by atoms with van der Waals surface area (Å²) in [4.78, 5) is 34.1. The SMILES string of the molecule is COc1ccc(/C(C)=N\NC(=O)CNC(=O)c2cccc(F)c2)cc1[N+](=O)[O-]. The fourth-order valence-corrected chi connectivity index (χ4v) is 2.20. The van der Waals surface area contributed by atoms with E-state index in [1.807, 2.05) is 0 Å². The minimum absolute atomic E-state index is 0.0815.